The highest BCUT2D eigenvalue weighted by Gasteiger charge is 2.32. The predicted octanol–water partition coefficient (Wildman–Crippen LogP) is 3.23. The van der Waals surface area contributed by atoms with E-state index in [2.05, 4.69) is 44.7 Å². The summed E-state index contributed by atoms with van der Waals surface area (Å²) in [5.74, 6) is 2.44. The van der Waals surface area contributed by atoms with Crippen LogP contribution in [-0.2, 0) is 0 Å². The van der Waals surface area contributed by atoms with Crippen LogP contribution in [0, 0.1) is 11.8 Å². The highest BCUT2D eigenvalue weighted by atomic mass is 15.2. The molecule has 0 N–H and O–H groups in total. The van der Waals surface area contributed by atoms with Crippen LogP contribution < -0.4 is 0 Å². The van der Waals surface area contributed by atoms with Crippen molar-refractivity contribution in [2.75, 3.05) is 13.1 Å². The Labute approximate surface area is 98.7 Å². The average molecular weight is 218 g/mol. The first-order valence-electron chi connectivity index (χ1n) is 6.43. The molecule has 1 unspecified atom stereocenters. The predicted molar refractivity (Wildman–Crippen MR) is 69.5 cm³/mol. The lowest BCUT2D eigenvalue weighted by Crippen LogP contribution is -2.30. The maximum atomic E-state index is 4.88. The maximum absolute atomic E-state index is 4.88. The summed E-state index contributed by atoms with van der Waals surface area (Å²) in [4.78, 5) is 7.24. The lowest BCUT2D eigenvalue weighted by molar-refractivity contribution is 0.464. The van der Waals surface area contributed by atoms with Gasteiger partial charge in [-0.2, -0.15) is 0 Å². The maximum Gasteiger partial charge on any atom is 0.132 e. The van der Waals surface area contributed by atoms with Crippen LogP contribution in [0.15, 0.2) is 28.4 Å². The molecule has 2 nitrogen and oxygen atoms in total. The number of likely N-dealkylation sites (N-methyl/N-ethyl adjacent to an activating group) is 1. The van der Waals surface area contributed by atoms with Crippen molar-refractivity contribution in [2.45, 2.75) is 34.1 Å². The summed E-state index contributed by atoms with van der Waals surface area (Å²) in [5, 5.41) is 0. The molecule has 0 fully saturated rings. The van der Waals surface area contributed by atoms with Gasteiger partial charge in [-0.3, -0.25) is 0 Å². The number of nitrogens with zero attached hydrogens (tertiary/aromatic N) is 2. The van der Waals surface area contributed by atoms with Crippen LogP contribution in [0.3, 0.4) is 0 Å². The molecule has 0 aromatic rings. The average Bonchev–Trinajstić information content (AvgIpc) is 3.00. The summed E-state index contributed by atoms with van der Waals surface area (Å²) in [6.45, 7) is 10.9. The van der Waals surface area contributed by atoms with E-state index in [9.17, 15) is 0 Å². The fraction of sp³-hybridized carbons (Fsp3) is 0.643. The van der Waals surface area contributed by atoms with Gasteiger partial charge in [0, 0.05) is 24.7 Å². The van der Waals surface area contributed by atoms with E-state index in [4.69, 9.17) is 4.99 Å². The molecule has 1 heterocycles. The molecule has 0 spiro atoms. The Morgan fingerprint density at radius 3 is 2.62 bits per heavy atom. The lowest BCUT2D eigenvalue weighted by atomic mass is 10.1. The number of allylic oxidation sites excluding steroid dienone is 3. The molecule has 2 aliphatic rings. The van der Waals surface area contributed by atoms with Crippen molar-refractivity contribution in [3.63, 3.8) is 0 Å². The third kappa shape index (κ3) is 2.06. The van der Waals surface area contributed by atoms with Gasteiger partial charge in [0.2, 0.25) is 0 Å². The Hall–Kier alpha value is -1.05. The molecule has 16 heavy (non-hydrogen) atoms. The molecule has 0 saturated heterocycles. The second-order valence-electron chi connectivity index (χ2n) is 4.86. The second-order valence-corrected chi connectivity index (χ2v) is 4.86. The zero-order valence-electron chi connectivity index (χ0n) is 10.8. The van der Waals surface area contributed by atoms with Gasteiger partial charge in [-0.15, -0.1) is 0 Å². The van der Waals surface area contributed by atoms with Crippen molar-refractivity contribution in [3.05, 3.63) is 23.4 Å². The molecular weight excluding hydrogens is 196 g/mol. The Morgan fingerprint density at radius 1 is 1.38 bits per heavy atom. The van der Waals surface area contributed by atoms with Crippen LogP contribution in [0.4, 0.5) is 0 Å². The second kappa shape index (κ2) is 4.44. The topological polar surface area (TPSA) is 15.6 Å². The minimum atomic E-state index is 0.531. The number of fused-ring (bicyclic) bond motifs is 1. The molecule has 0 saturated carbocycles. The first-order valence-corrected chi connectivity index (χ1v) is 6.43. The van der Waals surface area contributed by atoms with Crippen LogP contribution in [0.1, 0.15) is 34.1 Å². The molecule has 0 aromatic heterocycles. The van der Waals surface area contributed by atoms with Gasteiger partial charge in [0.1, 0.15) is 5.84 Å². The van der Waals surface area contributed by atoms with E-state index >= 15 is 0 Å². The van der Waals surface area contributed by atoms with E-state index in [1.165, 1.54) is 17.1 Å². The van der Waals surface area contributed by atoms with Gasteiger partial charge in [0.25, 0.3) is 0 Å². The Kier molecular flexibility index (Phi) is 3.17. The molecule has 0 aromatic carbocycles. The largest absolute Gasteiger partial charge is 0.357 e. The number of rotatable bonds is 3. The van der Waals surface area contributed by atoms with Crippen LogP contribution in [0.25, 0.3) is 0 Å². The molecule has 0 radical (unpaired) electrons. The van der Waals surface area contributed by atoms with Gasteiger partial charge >= 0.3 is 0 Å². The van der Waals surface area contributed by atoms with E-state index in [1.54, 1.807) is 0 Å². The molecule has 0 bridgehead atoms. The van der Waals surface area contributed by atoms with E-state index in [1.807, 2.05) is 0 Å². The number of amidine groups is 1. The van der Waals surface area contributed by atoms with Crippen LogP contribution in [0.2, 0.25) is 0 Å². The quantitative estimate of drug-likeness (QED) is 0.710. The van der Waals surface area contributed by atoms with Gasteiger partial charge in [-0.1, -0.05) is 26.0 Å². The molecule has 2 heteroatoms. The fourth-order valence-corrected chi connectivity index (χ4v) is 2.23. The van der Waals surface area contributed by atoms with Crippen LogP contribution in [0.5, 0.6) is 0 Å². The Bertz CT molecular complexity index is 357. The summed E-state index contributed by atoms with van der Waals surface area (Å²) >= 11 is 0. The lowest BCUT2D eigenvalue weighted by Gasteiger charge is -2.22. The van der Waals surface area contributed by atoms with E-state index in [0.29, 0.717) is 11.8 Å². The zero-order chi connectivity index (χ0) is 11.7. The van der Waals surface area contributed by atoms with E-state index in [0.717, 1.165) is 19.5 Å². The summed E-state index contributed by atoms with van der Waals surface area (Å²) < 4.78 is 0. The van der Waals surface area contributed by atoms with Gasteiger partial charge in [0.05, 0.1) is 0 Å². The fourth-order valence-electron chi connectivity index (χ4n) is 2.23. The summed E-state index contributed by atoms with van der Waals surface area (Å²) in [7, 11) is 0. The van der Waals surface area contributed by atoms with Gasteiger partial charge in [-0.25, -0.2) is 4.99 Å². The highest BCUT2D eigenvalue weighted by Crippen LogP contribution is 2.38. The molecule has 1 atom stereocenters. The summed E-state index contributed by atoms with van der Waals surface area (Å²) in [6.07, 6.45) is 5.82. The van der Waals surface area contributed by atoms with Gasteiger partial charge in [-0.05, 0) is 31.8 Å². The third-order valence-electron chi connectivity index (χ3n) is 3.40. The number of hydrogen-bond donors (Lipinski definition) is 0. The van der Waals surface area contributed by atoms with Gasteiger partial charge in [0.15, 0.2) is 0 Å². The Balaban J connectivity index is 2.26. The molecule has 0 amide bonds. The SMILES string of the molecule is CCN(CC)C1=NC(C(C)C)=CCC2C=C12. The smallest absolute Gasteiger partial charge is 0.132 e. The van der Waals surface area contributed by atoms with E-state index < -0.39 is 0 Å². The monoisotopic (exact) mass is 218 g/mol. The molecule has 88 valence electrons. The zero-order valence-corrected chi connectivity index (χ0v) is 10.8. The third-order valence-corrected chi connectivity index (χ3v) is 3.40. The molecular formula is C14H22N2. The Morgan fingerprint density at radius 2 is 2.06 bits per heavy atom. The van der Waals surface area contributed by atoms with Crippen molar-refractivity contribution < 1.29 is 0 Å². The normalized spacial score (nSPS) is 23.1. The molecule has 1 aliphatic carbocycles. The molecule has 2 rings (SSSR count). The number of aliphatic imine (C=N–C) groups is 1. The van der Waals surface area contributed by atoms with Crippen molar-refractivity contribution in [3.8, 4) is 0 Å². The first kappa shape index (κ1) is 11.4. The highest BCUT2D eigenvalue weighted by molar-refractivity contribution is 6.03. The van der Waals surface area contributed by atoms with Gasteiger partial charge < -0.3 is 4.90 Å². The van der Waals surface area contributed by atoms with E-state index in [-0.39, 0.29) is 0 Å². The first-order chi connectivity index (χ1) is 7.67. The minimum Gasteiger partial charge on any atom is -0.357 e. The molecule has 1 aliphatic heterocycles. The van der Waals surface area contributed by atoms with Crippen LogP contribution >= 0.6 is 0 Å². The van der Waals surface area contributed by atoms with Crippen molar-refractivity contribution >= 4 is 5.84 Å². The van der Waals surface area contributed by atoms with Crippen LogP contribution in [-0.4, -0.2) is 23.8 Å². The summed E-state index contributed by atoms with van der Waals surface area (Å²) in [5.41, 5.74) is 2.73. The standard InChI is InChI=1S/C14H22N2/c1-5-16(6-2)14-12-9-11(12)7-8-13(15-14)10(3)4/h8-11H,5-7H2,1-4H3. The van der Waals surface area contributed by atoms with Crippen molar-refractivity contribution in [2.24, 2.45) is 16.8 Å². The minimum absolute atomic E-state index is 0.531. The number of hydrogen-bond acceptors (Lipinski definition) is 2. The van der Waals surface area contributed by atoms with Crippen molar-refractivity contribution in [1.29, 1.82) is 0 Å². The van der Waals surface area contributed by atoms with Crippen molar-refractivity contribution in [1.82, 2.24) is 4.90 Å². The summed E-state index contributed by atoms with van der Waals surface area (Å²) in [6, 6.07) is 0.